The largest absolute Gasteiger partial charge is 0.497 e. The Balaban J connectivity index is 1.98. The molecule has 0 radical (unpaired) electrons. The highest BCUT2D eigenvalue weighted by molar-refractivity contribution is 7.89. The predicted octanol–water partition coefficient (Wildman–Crippen LogP) is 3.20. The molecule has 0 heterocycles. The number of halogens is 1. The monoisotopic (exact) mass is 365 g/mol. The van der Waals surface area contributed by atoms with Crippen LogP contribution in [0.5, 0.6) is 11.5 Å². The van der Waals surface area contributed by atoms with Crippen molar-refractivity contribution in [2.24, 2.45) is 0 Å². The van der Waals surface area contributed by atoms with E-state index in [9.17, 15) is 12.8 Å². The first-order chi connectivity index (χ1) is 12.0. The molecule has 1 saturated carbocycles. The van der Waals surface area contributed by atoms with Gasteiger partial charge in [0.2, 0.25) is 10.0 Å². The van der Waals surface area contributed by atoms with E-state index < -0.39 is 15.8 Å². The van der Waals surface area contributed by atoms with E-state index in [-0.39, 0.29) is 17.5 Å². The number of sulfonamides is 1. The Bertz CT molecular complexity index is 865. The normalized spacial score (nSPS) is 14.6. The first-order valence-corrected chi connectivity index (χ1v) is 9.38. The summed E-state index contributed by atoms with van der Waals surface area (Å²) in [6.45, 7) is 0.143. The lowest BCUT2D eigenvalue weighted by Gasteiger charge is -2.23. The minimum atomic E-state index is -3.81. The highest BCUT2D eigenvalue weighted by atomic mass is 32.2. The second-order valence-corrected chi connectivity index (χ2v) is 7.81. The zero-order valence-electron chi connectivity index (χ0n) is 14.1. The van der Waals surface area contributed by atoms with Crippen molar-refractivity contribution in [2.45, 2.75) is 30.3 Å². The van der Waals surface area contributed by atoms with Gasteiger partial charge >= 0.3 is 0 Å². The van der Waals surface area contributed by atoms with Crippen molar-refractivity contribution in [1.29, 1.82) is 0 Å². The highest BCUT2D eigenvalue weighted by Crippen LogP contribution is 2.36. The predicted molar refractivity (Wildman–Crippen MR) is 91.7 cm³/mol. The van der Waals surface area contributed by atoms with Crippen LogP contribution >= 0.6 is 0 Å². The van der Waals surface area contributed by atoms with Gasteiger partial charge in [0.15, 0.2) is 0 Å². The van der Waals surface area contributed by atoms with Gasteiger partial charge in [-0.15, -0.1) is 0 Å². The number of methoxy groups -OCH3 is 2. The van der Waals surface area contributed by atoms with E-state index >= 15 is 0 Å². The summed E-state index contributed by atoms with van der Waals surface area (Å²) in [5.41, 5.74) is 0.703. The molecule has 7 heteroatoms. The number of hydrogen-bond acceptors (Lipinski definition) is 4. The first-order valence-electron chi connectivity index (χ1n) is 7.94. The molecule has 25 heavy (non-hydrogen) atoms. The van der Waals surface area contributed by atoms with Crippen LogP contribution in [0.25, 0.3) is 0 Å². The van der Waals surface area contributed by atoms with Gasteiger partial charge in [0.1, 0.15) is 17.3 Å². The van der Waals surface area contributed by atoms with Gasteiger partial charge in [0.05, 0.1) is 19.1 Å². The quantitative estimate of drug-likeness (QED) is 0.756. The molecule has 1 aliphatic rings. The van der Waals surface area contributed by atoms with Crippen molar-refractivity contribution in [2.75, 3.05) is 14.2 Å². The minimum Gasteiger partial charge on any atom is -0.497 e. The SMILES string of the molecule is COc1ccc(OC)c(CN(C2CC2)S(=O)(=O)c2cccc(F)c2)c1. The molecule has 5 nitrogen and oxygen atoms in total. The number of ether oxygens (including phenoxy) is 2. The van der Waals surface area contributed by atoms with Gasteiger partial charge in [-0.1, -0.05) is 6.07 Å². The van der Waals surface area contributed by atoms with E-state index in [1.165, 1.54) is 29.6 Å². The molecule has 0 aliphatic heterocycles. The fourth-order valence-electron chi connectivity index (χ4n) is 2.71. The molecule has 0 aromatic heterocycles. The molecule has 0 unspecified atom stereocenters. The van der Waals surface area contributed by atoms with Crippen molar-refractivity contribution in [3.8, 4) is 11.5 Å². The second kappa shape index (κ2) is 7.01. The van der Waals surface area contributed by atoms with Crippen molar-refractivity contribution < 1.29 is 22.3 Å². The van der Waals surface area contributed by atoms with E-state index in [0.29, 0.717) is 17.1 Å². The minimum absolute atomic E-state index is 0.0405. The van der Waals surface area contributed by atoms with Crippen LogP contribution < -0.4 is 9.47 Å². The molecule has 0 amide bonds. The topological polar surface area (TPSA) is 55.8 Å². The summed E-state index contributed by atoms with van der Waals surface area (Å²) in [6.07, 6.45) is 1.58. The third kappa shape index (κ3) is 3.77. The smallest absolute Gasteiger partial charge is 0.243 e. The van der Waals surface area contributed by atoms with Gasteiger partial charge in [0, 0.05) is 18.2 Å². The van der Waals surface area contributed by atoms with Crippen molar-refractivity contribution in [1.82, 2.24) is 4.31 Å². The molecule has 0 saturated heterocycles. The van der Waals surface area contributed by atoms with Crippen LogP contribution in [-0.2, 0) is 16.6 Å². The van der Waals surface area contributed by atoms with E-state index in [0.717, 1.165) is 18.9 Å². The summed E-state index contributed by atoms with van der Waals surface area (Å²) >= 11 is 0. The van der Waals surface area contributed by atoms with Gasteiger partial charge in [0.25, 0.3) is 0 Å². The second-order valence-electron chi connectivity index (χ2n) is 5.92. The van der Waals surface area contributed by atoms with Crippen LogP contribution in [0.1, 0.15) is 18.4 Å². The molecular weight excluding hydrogens is 345 g/mol. The average Bonchev–Trinajstić information content (AvgIpc) is 3.44. The lowest BCUT2D eigenvalue weighted by molar-refractivity contribution is 0.369. The Labute approximate surface area is 147 Å². The van der Waals surface area contributed by atoms with E-state index in [2.05, 4.69) is 0 Å². The van der Waals surface area contributed by atoms with Crippen LogP contribution in [0.4, 0.5) is 4.39 Å². The van der Waals surface area contributed by atoms with Crippen LogP contribution in [-0.4, -0.2) is 33.0 Å². The number of benzene rings is 2. The molecule has 134 valence electrons. The lowest BCUT2D eigenvalue weighted by atomic mass is 10.2. The van der Waals surface area contributed by atoms with Crippen molar-refractivity contribution in [3.05, 3.63) is 53.8 Å². The molecule has 0 spiro atoms. The lowest BCUT2D eigenvalue weighted by Crippen LogP contribution is -2.32. The Hall–Kier alpha value is -2.12. The zero-order chi connectivity index (χ0) is 18.0. The molecule has 0 bridgehead atoms. The van der Waals surface area contributed by atoms with Gasteiger partial charge in [-0.05, 0) is 49.2 Å². The highest BCUT2D eigenvalue weighted by Gasteiger charge is 2.38. The molecule has 0 atom stereocenters. The third-order valence-electron chi connectivity index (χ3n) is 4.17. The summed E-state index contributed by atoms with van der Waals surface area (Å²) in [6, 6.07) is 10.3. The fourth-order valence-corrected chi connectivity index (χ4v) is 4.40. The van der Waals surface area contributed by atoms with Crippen molar-refractivity contribution in [3.63, 3.8) is 0 Å². The van der Waals surface area contributed by atoms with Crippen LogP contribution in [0, 0.1) is 5.82 Å². The summed E-state index contributed by atoms with van der Waals surface area (Å²) in [5, 5.41) is 0. The Kier molecular flexibility index (Phi) is 4.96. The maximum Gasteiger partial charge on any atom is 0.243 e. The number of nitrogens with zero attached hydrogens (tertiary/aromatic N) is 1. The Morgan fingerprint density at radius 2 is 1.88 bits per heavy atom. The van der Waals surface area contributed by atoms with Crippen LogP contribution in [0.3, 0.4) is 0 Å². The van der Waals surface area contributed by atoms with E-state index in [4.69, 9.17) is 9.47 Å². The molecule has 2 aromatic rings. The molecular formula is C18H20FNO4S. The van der Waals surface area contributed by atoms with Crippen molar-refractivity contribution >= 4 is 10.0 Å². The van der Waals surface area contributed by atoms with E-state index in [1.807, 2.05) is 0 Å². The van der Waals surface area contributed by atoms with Gasteiger partial charge in [-0.3, -0.25) is 0 Å². The Morgan fingerprint density at radius 3 is 2.48 bits per heavy atom. The van der Waals surface area contributed by atoms with Gasteiger partial charge in [-0.2, -0.15) is 4.31 Å². The summed E-state index contributed by atoms with van der Waals surface area (Å²) < 4.78 is 51.5. The van der Waals surface area contributed by atoms with Gasteiger partial charge in [-0.25, -0.2) is 12.8 Å². The summed E-state index contributed by atoms with van der Waals surface area (Å²) in [7, 11) is -0.721. The molecule has 3 rings (SSSR count). The zero-order valence-corrected chi connectivity index (χ0v) is 14.9. The molecule has 1 aliphatic carbocycles. The maximum absolute atomic E-state index is 13.5. The van der Waals surface area contributed by atoms with Gasteiger partial charge < -0.3 is 9.47 Å². The molecule has 0 N–H and O–H groups in total. The first kappa shape index (κ1) is 17.7. The third-order valence-corrected chi connectivity index (χ3v) is 6.06. The molecule has 2 aromatic carbocycles. The van der Waals surface area contributed by atoms with E-state index in [1.54, 1.807) is 25.3 Å². The molecule has 1 fully saturated rings. The Morgan fingerprint density at radius 1 is 1.12 bits per heavy atom. The summed E-state index contributed by atoms with van der Waals surface area (Å²) in [4.78, 5) is -0.0405. The van der Waals surface area contributed by atoms with Crippen LogP contribution in [0.2, 0.25) is 0 Å². The number of hydrogen-bond donors (Lipinski definition) is 0. The number of rotatable bonds is 7. The standard InChI is InChI=1S/C18H20FNO4S/c1-23-16-8-9-18(24-2)13(10-16)12-20(15-6-7-15)25(21,22)17-5-3-4-14(19)11-17/h3-5,8-11,15H,6-7,12H2,1-2H3. The fraction of sp³-hybridized carbons (Fsp3) is 0.333. The maximum atomic E-state index is 13.5. The van der Waals surface area contributed by atoms with Crippen LogP contribution in [0.15, 0.2) is 47.4 Å². The summed E-state index contributed by atoms with van der Waals surface area (Å²) in [5.74, 6) is 0.631. The average molecular weight is 365 g/mol.